The summed E-state index contributed by atoms with van der Waals surface area (Å²) in [6.07, 6.45) is 19.8. The molecule has 0 radical (unpaired) electrons. The van der Waals surface area contributed by atoms with Gasteiger partial charge in [0.05, 0.1) is 24.3 Å². The average molecular weight is 614 g/mol. The summed E-state index contributed by atoms with van der Waals surface area (Å²) in [6.45, 7) is 6.66. The third-order valence-corrected chi connectivity index (χ3v) is 7.92. The minimum Gasteiger partial charge on any atom is -0.507 e. The summed E-state index contributed by atoms with van der Waals surface area (Å²) in [5.74, 6) is 1.07. The summed E-state index contributed by atoms with van der Waals surface area (Å²) in [6, 6.07) is 13.9. The number of aromatic nitrogens is 3. The van der Waals surface area contributed by atoms with E-state index in [1.165, 1.54) is 57.8 Å². The number of hydrogen-bond acceptors (Lipinski definition) is 7. The molecule has 0 fully saturated rings. The van der Waals surface area contributed by atoms with Gasteiger partial charge in [0, 0.05) is 11.1 Å². The van der Waals surface area contributed by atoms with Crippen molar-refractivity contribution < 1.29 is 19.7 Å². The highest BCUT2D eigenvalue weighted by Crippen LogP contribution is 2.29. The number of aromatic hydroxyl groups is 1. The van der Waals surface area contributed by atoms with E-state index in [2.05, 4.69) is 28.8 Å². The molecule has 1 heterocycles. The van der Waals surface area contributed by atoms with Crippen LogP contribution in [0.4, 0.5) is 0 Å². The number of ether oxygens (including phenoxy) is 1. The first-order valence-corrected chi connectivity index (χ1v) is 16.8. The average Bonchev–Trinajstić information content (AvgIpc) is 3.07. The maximum Gasteiger partial charge on any atom is 0.338 e. The highest BCUT2D eigenvalue weighted by Gasteiger charge is 2.17. The summed E-state index contributed by atoms with van der Waals surface area (Å²) in [5.41, 5.74) is 2.13. The van der Waals surface area contributed by atoms with Crippen LogP contribution < -0.4 is 0 Å². The van der Waals surface area contributed by atoms with Crippen molar-refractivity contribution in [2.24, 2.45) is 5.92 Å². The number of nitrogens with zero attached hydrogens (tertiary/aromatic N) is 3. The Balaban J connectivity index is 1.77. The molecule has 0 amide bonds. The Morgan fingerprint density at radius 1 is 0.822 bits per heavy atom. The van der Waals surface area contributed by atoms with Crippen LogP contribution >= 0.6 is 0 Å². The minimum atomic E-state index is -0.329. The Bertz CT molecular complexity index is 1370. The summed E-state index contributed by atoms with van der Waals surface area (Å²) in [7, 11) is 0. The van der Waals surface area contributed by atoms with Crippen molar-refractivity contribution >= 4 is 11.5 Å². The number of unbranched alkanes of at least 4 members (excludes halogenated alkanes) is 7. The number of phenols is 1. The molecular weight excluding hydrogens is 562 g/mol. The third kappa shape index (κ3) is 11.9. The van der Waals surface area contributed by atoms with Gasteiger partial charge in [-0.15, -0.1) is 0 Å². The van der Waals surface area contributed by atoms with E-state index >= 15 is 0 Å². The molecule has 1 unspecified atom stereocenters. The van der Waals surface area contributed by atoms with Crippen molar-refractivity contribution in [1.29, 1.82) is 0 Å². The summed E-state index contributed by atoms with van der Waals surface area (Å²) in [5, 5.41) is 20.6. The maximum atomic E-state index is 13.0. The fraction of sp³-hybridized carbons (Fsp3) is 0.474. The predicted molar refractivity (Wildman–Crippen MR) is 183 cm³/mol. The van der Waals surface area contributed by atoms with Crippen LogP contribution in [0.15, 0.2) is 66.8 Å². The zero-order valence-electron chi connectivity index (χ0n) is 27.4. The number of esters is 1. The molecule has 242 valence electrons. The van der Waals surface area contributed by atoms with Crippen LogP contribution in [0.5, 0.6) is 5.75 Å². The zero-order valence-corrected chi connectivity index (χ0v) is 27.4. The monoisotopic (exact) mass is 613 g/mol. The van der Waals surface area contributed by atoms with Gasteiger partial charge >= 0.3 is 5.97 Å². The first-order chi connectivity index (χ1) is 22.0. The molecule has 7 nitrogen and oxygen atoms in total. The van der Waals surface area contributed by atoms with Crippen LogP contribution in [0.3, 0.4) is 0 Å². The number of phenolic OH excluding ortho intramolecular Hbond substituents is 1. The highest BCUT2D eigenvalue weighted by atomic mass is 16.5. The number of aliphatic hydroxyl groups is 1. The van der Waals surface area contributed by atoms with Crippen LogP contribution in [-0.2, 0) is 4.74 Å². The molecule has 1 atom stereocenters. The van der Waals surface area contributed by atoms with E-state index in [9.17, 15) is 15.0 Å². The molecular formula is C38H51N3O4. The van der Waals surface area contributed by atoms with Gasteiger partial charge in [-0.25, -0.2) is 19.7 Å². The molecule has 2 aromatic carbocycles. The van der Waals surface area contributed by atoms with Crippen LogP contribution in [0.2, 0.25) is 0 Å². The lowest BCUT2D eigenvalue weighted by atomic mass is 9.95. The summed E-state index contributed by atoms with van der Waals surface area (Å²) >= 11 is 0. The fourth-order valence-electron chi connectivity index (χ4n) is 5.19. The van der Waals surface area contributed by atoms with Gasteiger partial charge in [-0.3, -0.25) is 0 Å². The third-order valence-electron chi connectivity index (χ3n) is 7.92. The molecule has 0 spiro atoms. The first-order valence-electron chi connectivity index (χ1n) is 16.8. The number of hydrogen-bond donors (Lipinski definition) is 2. The van der Waals surface area contributed by atoms with E-state index in [1.54, 1.807) is 54.6 Å². The van der Waals surface area contributed by atoms with Crippen LogP contribution in [0.25, 0.3) is 28.3 Å². The lowest BCUT2D eigenvalue weighted by Gasteiger charge is -2.17. The van der Waals surface area contributed by atoms with Gasteiger partial charge in [0.15, 0.2) is 17.5 Å². The Labute approximate surface area is 269 Å². The van der Waals surface area contributed by atoms with Gasteiger partial charge < -0.3 is 14.9 Å². The van der Waals surface area contributed by atoms with Gasteiger partial charge in [0.25, 0.3) is 0 Å². The standard InChI is InChI=1S/C38H51N3O4/c1-4-7-10-11-12-15-19-29(18-13-8-5-2)28-45-38(44)31-25-23-30(24-26-31)35-39-36(32(27-42)20-14-9-6-3)41-37(40-35)33-21-16-17-22-34(33)43/h9,14,16-17,20-26,29,42-43H,4-8,10-13,15,18-19,27-28H2,1-3H3/b14-9-,32-20+. The minimum absolute atomic E-state index is 0.0450. The molecule has 2 N–H and O–H groups in total. The molecule has 0 aliphatic rings. The quantitative estimate of drug-likeness (QED) is 0.0743. The van der Waals surface area contributed by atoms with E-state index in [1.807, 2.05) is 19.1 Å². The number of aliphatic hydroxyl groups excluding tert-OH is 1. The van der Waals surface area contributed by atoms with Crippen molar-refractivity contribution in [3.8, 4) is 28.5 Å². The Morgan fingerprint density at radius 3 is 2.16 bits per heavy atom. The summed E-state index contributed by atoms with van der Waals surface area (Å²) < 4.78 is 5.81. The molecule has 0 bridgehead atoms. The van der Waals surface area contributed by atoms with Gasteiger partial charge in [-0.05, 0) is 49.4 Å². The fourth-order valence-corrected chi connectivity index (χ4v) is 5.19. The second-order valence-electron chi connectivity index (χ2n) is 11.6. The number of para-hydroxylation sites is 1. The van der Waals surface area contributed by atoms with Gasteiger partial charge in [0.1, 0.15) is 5.75 Å². The van der Waals surface area contributed by atoms with Crippen molar-refractivity contribution in [3.63, 3.8) is 0 Å². The second kappa shape index (κ2) is 20.2. The van der Waals surface area contributed by atoms with Crippen LogP contribution in [-0.4, -0.2) is 44.3 Å². The van der Waals surface area contributed by atoms with Gasteiger partial charge in [-0.1, -0.05) is 121 Å². The molecule has 0 saturated carbocycles. The van der Waals surface area contributed by atoms with Crippen molar-refractivity contribution in [2.75, 3.05) is 13.2 Å². The molecule has 0 aliphatic heterocycles. The number of allylic oxidation sites excluding steroid dienone is 3. The van der Waals surface area contributed by atoms with Crippen molar-refractivity contribution in [3.05, 3.63) is 78.1 Å². The SMILES string of the molecule is CC/C=C\C=C(/CO)c1nc(-c2ccc(C(=O)OCC(CCCCC)CCCCCCCC)cc2)nc(-c2ccccc2O)n1. The zero-order chi connectivity index (χ0) is 32.3. The van der Waals surface area contributed by atoms with Gasteiger partial charge in [-0.2, -0.15) is 0 Å². The molecule has 0 saturated heterocycles. The molecule has 1 aromatic heterocycles. The van der Waals surface area contributed by atoms with E-state index < -0.39 is 0 Å². The van der Waals surface area contributed by atoms with Gasteiger partial charge in [0.2, 0.25) is 0 Å². The van der Waals surface area contributed by atoms with E-state index in [0.717, 1.165) is 19.3 Å². The van der Waals surface area contributed by atoms with Crippen LogP contribution in [0.1, 0.15) is 114 Å². The molecule has 0 aliphatic carbocycles. The molecule has 7 heteroatoms. The van der Waals surface area contributed by atoms with Crippen molar-refractivity contribution in [1.82, 2.24) is 15.0 Å². The van der Waals surface area contributed by atoms with Crippen LogP contribution in [0, 0.1) is 5.92 Å². The predicted octanol–water partition coefficient (Wildman–Crippen LogP) is 9.36. The van der Waals surface area contributed by atoms with E-state index in [-0.39, 0.29) is 24.2 Å². The summed E-state index contributed by atoms with van der Waals surface area (Å²) in [4.78, 5) is 26.9. The normalized spacial score (nSPS) is 12.5. The number of carbonyl (C=O) groups excluding carboxylic acids is 1. The molecule has 45 heavy (non-hydrogen) atoms. The topological polar surface area (TPSA) is 105 Å². The highest BCUT2D eigenvalue weighted by molar-refractivity contribution is 5.90. The second-order valence-corrected chi connectivity index (χ2v) is 11.6. The molecule has 3 rings (SSSR count). The Hall–Kier alpha value is -3.84. The number of rotatable bonds is 20. The number of carbonyl (C=O) groups is 1. The maximum absolute atomic E-state index is 13.0. The lowest BCUT2D eigenvalue weighted by Crippen LogP contribution is -2.15. The Kier molecular flexibility index (Phi) is 16.0. The molecule has 3 aromatic rings. The smallest absolute Gasteiger partial charge is 0.338 e. The number of benzene rings is 2. The Morgan fingerprint density at radius 2 is 1.47 bits per heavy atom. The van der Waals surface area contributed by atoms with Crippen molar-refractivity contribution in [2.45, 2.75) is 97.8 Å². The van der Waals surface area contributed by atoms with E-state index in [4.69, 9.17) is 4.74 Å². The lowest BCUT2D eigenvalue weighted by molar-refractivity contribution is 0.0422. The first kappa shape index (κ1) is 35.6. The largest absolute Gasteiger partial charge is 0.507 e. The van der Waals surface area contributed by atoms with E-state index in [0.29, 0.717) is 46.4 Å².